The van der Waals surface area contributed by atoms with E-state index in [9.17, 15) is 0 Å². The van der Waals surface area contributed by atoms with Crippen molar-refractivity contribution in [1.82, 2.24) is 0 Å². The van der Waals surface area contributed by atoms with E-state index in [1.165, 1.54) is 35.7 Å². The summed E-state index contributed by atoms with van der Waals surface area (Å²) >= 11 is 2.51. The highest BCUT2D eigenvalue weighted by Crippen LogP contribution is 2.59. The third-order valence-electron chi connectivity index (χ3n) is 7.68. The fourth-order valence-corrected chi connectivity index (χ4v) is 6.69. The minimum atomic E-state index is 0.276. The van der Waals surface area contributed by atoms with Crippen LogP contribution in [0.15, 0.2) is 56.8 Å². The van der Waals surface area contributed by atoms with Gasteiger partial charge in [0.2, 0.25) is 0 Å². The molecule has 0 saturated carbocycles. The van der Waals surface area contributed by atoms with Gasteiger partial charge in [-0.25, -0.2) is 0 Å². The summed E-state index contributed by atoms with van der Waals surface area (Å²) in [6.07, 6.45) is 21.4. The summed E-state index contributed by atoms with van der Waals surface area (Å²) in [5, 5.41) is 0. The number of hydrogen-bond acceptors (Lipinski definition) is 0. The third kappa shape index (κ3) is 3.12. The summed E-state index contributed by atoms with van der Waals surface area (Å²) in [4.78, 5) is 0. The van der Waals surface area contributed by atoms with E-state index in [0.29, 0.717) is 5.92 Å². The van der Waals surface area contributed by atoms with Gasteiger partial charge in [0.25, 0.3) is 0 Å². The molecule has 0 N–H and O–H groups in total. The Morgan fingerprint density at radius 2 is 2.04 bits per heavy atom. The van der Waals surface area contributed by atoms with Crippen molar-refractivity contribution >= 4 is 22.6 Å². The van der Waals surface area contributed by atoms with Crippen LogP contribution in [-0.2, 0) is 0 Å². The molecule has 0 amide bonds. The van der Waals surface area contributed by atoms with Crippen LogP contribution in [0.25, 0.3) is 0 Å². The molecule has 0 aromatic heterocycles. The lowest BCUT2D eigenvalue weighted by atomic mass is 9.67. The Bertz CT molecular complexity index is 727. The maximum atomic E-state index is 2.57. The molecule has 0 aliphatic heterocycles. The van der Waals surface area contributed by atoms with Gasteiger partial charge in [0, 0.05) is 14.9 Å². The van der Waals surface area contributed by atoms with Gasteiger partial charge in [-0.05, 0) is 91.4 Å². The van der Waals surface area contributed by atoms with Crippen molar-refractivity contribution in [3.05, 3.63) is 56.8 Å². The lowest BCUT2D eigenvalue weighted by Crippen LogP contribution is -2.27. The van der Waals surface area contributed by atoms with Gasteiger partial charge in [-0.15, -0.1) is 0 Å². The van der Waals surface area contributed by atoms with Crippen molar-refractivity contribution in [2.75, 3.05) is 0 Å². The number of fused-ring (bicyclic) bond motifs is 2. The van der Waals surface area contributed by atoms with E-state index in [1.807, 2.05) is 5.57 Å². The van der Waals surface area contributed by atoms with Crippen molar-refractivity contribution in [2.45, 2.75) is 59.8 Å². The molecule has 26 heavy (non-hydrogen) atoms. The minimum absolute atomic E-state index is 0.276. The second kappa shape index (κ2) is 7.11. The van der Waals surface area contributed by atoms with Crippen LogP contribution < -0.4 is 0 Å². The van der Waals surface area contributed by atoms with Gasteiger partial charge in [0.05, 0.1) is 0 Å². The summed E-state index contributed by atoms with van der Waals surface area (Å²) in [6, 6.07) is 0. The van der Waals surface area contributed by atoms with E-state index >= 15 is 0 Å². The molecule has 4 aliphatic rings. The number of hydrogen-bond donors (Lipinski definition) is 0. The van der Waals surface area contributed by atoms with E-state index in [-0.39, 0.29) is 5.41 Å². The van der Waals surface area contributed by atoms with Gasteiger partial charge in [-0.3, -0.25) is 0 Å². The first kappa shape index (κ1) is 18.8. The van der Waals surface area contributed by atoms with Gasteiger partial charge in [0.15, 0.2) is 0 Å². The normalized spacial score (nSPS) is 38.9. The third-order valence-corrected chi connectivity index (χ3v) is 8.43. The first-order valence-corrected chi connectivity index (χ1v) is 11.6. The van der Waals surface area contributed by atoms with E-state index in [0.717, 1.165) is 23.7 Å². The van der Waals surface area contributed by atoms with Gasteiger partial charge in [-0.2, -0.15) is 0 Å². The Morgan fingerprint density at radius 1 is 1.23 bits per heavy atom. The van der Waals surface area contributed by atoms with Crippen LogP contribution in [-0.4, -0.2) is 0 Å². The highest BCUT2D eigenvalue weighted by atomic mass is 127. The molecule has 0 saturated heterocycles. The molecule has 4 rings (SSSR count). The van der Waals surface area contributed by atoms with Crippen LogP contribution in [0, 0.1) is 35.0 Å². The molecule has 0 nitrogen and oxygen atoms in total. The fraction of sp³-hybridized carbons (Fsp3) is 0.600. The van der Waals surface area contributed by atoms with Gasteiger partial charge in [0.1, 0.15) is 0 Å². The Labute approximate surface area is 173 Å². The molecule has 4 aliphatic carbocycles. The Kier molecular flexibility index (Phi) is 5.14. The Morgan fingerprint density at radius 3 is 2.81 bits per heavy atom. The number of allylic oxidation sites excluding steroid dienone is 10. The molecular formula is C25H33I. The zero-order chi connectivity index (χ0) is 18.5. The van der Waals surface area contributed by atoms with Crippen LogP contribution in [0.5, 0.6) is 0 Å². The lowest BCUT2D eigenvalue weighted by Gasteiger charge is -2.37. The van der Waals surface area contributed by atoms with Crippen LogP contribution in [0.2, 0.25) is 0 Å². The van der Waals surface area contributed by atoms with E-state index in [1.54, 1.807) is 11.1 Å². The predicted octanol–water partition coefficient (Wildman–Crippen LogP) is 7.79. The summed E-state index contributed by atoms with van der Waals surface area (Å²) in [7, 11) is 0. The second-order valence-corrected chi connectivity index (χ2v) is 10.7. The molecule has 0 heterocycles. The van der Waals surface area contributed by atoms with Crippen molar-refractivity contribution in [1.29, 1.82) is 0 Å². The zero-order valence-electron chi connectivity index (χ0n) is 16.8. The molecule has 0 fully saturated rings. The Balaban J connectivity index is 1.57. The predicted molar refractivity (Wildman–Crippen MR) is 121 cm³/mol. The minimum Gasteiger partial charge on any atom is -0.0914 e. The summed E-state index contributed by atoms with van der Waals surface area (Å²) < 4.78 is 1.44. The first-order valence-electron chi connectivity index (χ1n) is 10.5. The standard InChI is InChI=1S/C25H33I/c1-5-6-17-13-18(8-7-16(17)2)19-9-11-21-22-12-10-20(26)15-24(22)25(3,4)23(21)14-19/h5-8,10,15-19,22H,9,11-14H2,1-4H3/b6-5-. The molecule has 0 aromatic rings. The molecule has 1 heteroatoms. The smallest absolute Gasteiger partial charge is 0.00904 e. The number of halogens is 1. The average Bonchev–Trinajstić information content (AvgIpc) is 2.84. The van der Waals surface area contributed by atoms with E-state index in [2.05, 4.69) is 86.7 Å². The summed E-state index contributed by atoms with van der Waals surface area (Å²) in [5.41, 5.74) is 5.60. The largest absolute Gasteiger partial charge is 0.0914 e. The number of rotatable bonds is 2. The quantitative estimate of drug-likeness (QED) is 0.291. The van der Waals surface area contributed by atoms with E-state index < -0.39 is 0 Å². The first-order chi connectivity index (χ1) is 12.4. The molecule has 5 unspecified atom stereocenters. The highest BCUT2D eigenvalue weighted by Gasteiger charge is 2.46. The molecule has 0 bridgehead atoms. The molecule has 5 atom stereocenters. The molecule has 0 spiro atoms. The van der Waals surface area contributed by atoms with Crippen LogP contribution in [0.3, 0.4) is 0 Å². The summed E-state index contributed by atoms with van der Waals surface area (Å²) in [5.74, 6) is 3.77. The maximum Gasteiger partial charge on any atom is 0.00904 e. The molecule has 0 aromatic carbocycles. The molecule has 0 radical (unpaired) electrons. The molecular weight excluding hydrogens is 427 g/mol. The Hall–Kier alpha value is -0.570. The van der Waals surface area contributed by atoms with Crippen molar-refractivity contribution in [3.63, 3.8) is 0 Å². The summed E-state index contributed by atoms with van der Waals surface area (Å²) in [6.45, 7) is 9.54. The van der Waals surface area contributed by atoms with Gasteiger partial charge in [-0.1, -0.05) is 67.9 Å². The average molecular weight is 460 g/mol. The van der Waals surface area contributed by atoms with Gasteiger partial charge >= 0.3 is 0 Å². The van der Waals surface area contributed by atoms with Crippen molar-refractivity contribution in [2.24, 2.45) is 35.0 Å². The van der Waals surface area contributed by atoms with Crippen LogP contribution in [0.1, 0.15) is 59.8 Å². The second-order valence-electron chi connectivity index (χ2n) is 9.44. The van der Waals surface area contributed by atoms with Crippen LogP contribution >= 0.6 is 22.6 Å². The van der Waals surface area contributed by atoms with Crippen molar-refractivity contribution in [3.8, 4) is 0 Å². The SMILES string of the molecule is C/C=C\C1CC(C2CCC3=C(C2)C(C)(C)C2=CC(I)=CCC23)C=CC1C. The fourth-order valence-electron chi connectivity index (χ4n) is 6.10. The van der Waals surface area contributed by atoms with Crippen LogP contribution in [0.4, 0.5) is 0 Å². The van der Waals surface area contributed by atoms with Crippen molar-refractivity contribution < 1.29 is 0 Å². The zero-order valence-corrected chi connectivity index (χ0v) is 18.9. The topological polar surface area (TPSA) is 0 Å². The maximum absolute atomic E-state index is 2.57. The molecule has 140 valence electrons. The monoisotopic (exact) mass is 460 g/mol. The lowest BCUT2D eigenvalue weighted by molar-refractivity contribution is 0.266. The van der Waals surface area contributed by atoms with Gasteiger partial charge < -0.3 is 0 Å². The van der Waals surface area contributed by atoms with E-state index in [4.69, 9.17) is 0 Å². The highest BCUT2D eigenvalue weighted by molar-refractivity contribution is 14.1.